The van der Waals surface area contributed by atoms with Gasteiger partial charge in [-0.3, -0.25) is 4.79 Å². The van der Waals surface area contributed by atoms with Crippen LogP contribution in [0, 0.1) is 0 Å². The van der Waals surface area contributed by atoms with Crippen LogP contribution in [0.5, 0.6) is 5.75 Å². The number of nitrogens with one attached hydrogen (secondary N) is 1. The number of phenols is 1. The van der Waals surface area contributed by atoms with Gasteiger partial charge in [0.25, 0.3) is 5.91 Å². The van der Waals surface area contributed by atoms with Crippen LogP contribution in [0.4, 0.5) is 0 Å². The van der Waals surface area contributed by atoms with Gasteiger partial charge in [0.2, 0.25) is 0 Å². The Balaban J connectivity index is 1.83. The molecule has 1 aliphatic heterocycles. The van der Waals surface area contributed by atoms with E-state index in [2.05, 4.69) is 5.32 Å². The van der Waals surface area contributed by atoms with Gasteiger partial charge in [-0.1, -0.05) is 6.07 Å². The maximum Gasteiger partial charge on any atom is 0.332 e. The van der Waals surface area contributed by atoms with Crippen LogP contribution in [0.2, 0.25) is 0 Å². The summed E-state index contributed by atoms with van der Waals surface area (Å²) in [5.41, 5.74) is 0.354. The zero-order valence-electron chi connectivity index (χ0n) is 10.2. The SMILES string of the molecule is O=C(NCC1CCC(C(=O)O)O1)c1cccc(O)c1. The van der Waals surface area contributed by atoms with Gasteiger partial charge in [0, 0.05) is 12.1 Å². The first-order valence-corrected chi connectivity index (χ1v) is 6.02. The number of hydrogen-bond donors (Lipinski definition) is 3. The van der Waals surface area contributed by atoms with E-state index in [0.717, 1.165) is 0 Å². The van der Waals surface area contributed by atoms with Gasteiger partial charge in [-0.05, 0) is 31.0 Å². The lowest BCUT2D eigenvalue weighted by molar-refractivity contribution is -0.149. The lowest BCUT2D eigenvalue weighted by Gasteiger charge is -2.12. The van der Waals surface area contributed by atoms with Crippen molar-refractivity contribution in [1.29, 1.82) is 0 Å². The largest absolute Gasteiger partial charge is 0.508 e. The van der Waals surface area contributed by atoms with Gasteiger partial charge in [-0.2, -0.15) is 0 Å². The van der Waals surface area contributed by atoms with E-state index >= 15 is 0 Å². The van der Waals surface area contributed by atoms with Crippen LogP contribution in [0.15, 0.2) is 24.3 Å². The molecule has 3 N–H and O–H groups in total. The van der Waals surface area contributed by atoms with Crippen LogP contribution in [0.25, 0.3) is 0 Å². The molecule has 0 bridgehead atoms. The molecule has 1 aliphatic rings. The molecular formula is C13H15NO5. The monoisotopic (exact) mass is 265 g/mol. The fourth-order valence-corrected chi connectivity index (χ4v) is 1.99. The minimum Gasteiger partial charge on any atom is -0.508 e. The van der Waals surface area contributed by atoms with E-state index in [0.29, 0.717) is 18.4 Å². The number of carboxylic acid groups (broad SMARTS) is 1. The van der Waals surface area contributed by atoms with Gasteiger partial charge in [0.15, 0.2) is 6.10 Å². The molecule has 0 radical (unpaired) electrons. The molecule has 2 atom stereocenters. The second kappa shape index (κ2) is 5.71. The van der Waals surface area contributed by atoms with E-state index in [1.54, 1.807) is 12.1 Å². The summed E-state index contributed by atoms with van der Waals surface area (Å²) < 4.78 is 5.27. The number of aliphatic carboxylic acids is 1. The molecule has 1 aromatic rings. The van der Waals surface area contributed by atoms with Gasteiger partial charge >= 0.3 is 5.97 Å². The van der Waals surface area contributed by atoms with Crippen LogP contribution in [0.1, 0.15) is 23.2 Å². The highest BCUT2D eigenvalue weighted by Crippen LogP contribution is 2.19. The maximum absolute atomic E-state index is 11.8. The summed E-state index contributed by atoms with van der Waals surface area (Å²) in [7, 11) is 0. The number of rotatable bonds is 4. The molecule has 2 unspecified atom stereocenters. The van der Waals surface area contributed by atoms with Crippen molar-refractivity contribution < 1.29 is 24.5 Å². The van der Waals surface area contributed by atoms with Gasteiger partial charge < -0.3 is 20.3 Å². The molecule has 1 aromatic carbocycles. The molecule has 6 nitrogen and oxygen atoms in total. The van der Waals surface area contributed by atoms with Crippen LogP contribution in [-0.2, 0) is 9.53 Å². The fraction of sp³-hybridized carbons (Fsp3) is 0.385. The van der Waals surface area contributed by atoms with E-state index in [9.17, 15) is 14.7 Å². The van der Waals surface area contributed by atoms with Crippen molar-refractivity contribution >= 4 is 11.9 Å². The summed E-state index contributed by atoms with van der Waals surface area (Å²) >= 11 is 0. The zero-order valence-corrected chi connectivity index (χ0v) is 10.2. The van der Waals surface area contributed by atoms with Crippen molar-refractivity contribution in [3.8, 4) is 5.75 Å². The summed E-state index contributed by atoms with van der Waals surface area (Å²) in [6.45, 7) is 0.262. The molecular weight excluding hydrogens is 250 g/mol. The Labute approximate surface area is 110 Å². The number of aromatic hydroxyl groups is 1. The molecule has 2 rings (SSSR count). The normalized spacial score (nSPS) is 22.1. The number of carbonyl (C=O) groups is 2. The Morgan fingerprint density at radius 3 is 2.79 bits per heavy atom. The smallest absolute Gasteiger partial charge is 0.332 e. The molecule has 19 heavy (non-hydrogen) atoms. The molecule has 102 valence electrons. The highest BCUT2D eigenvalue weighted by Gasteiger charge is 2.30. The zero-order chi connectivity index (χ0) is 13.8. The summed E-state index contributed by atoms with van der Waals surface area (Å²) in [6, 6.07) is 6.01. The molecule has 0 aliphatic carbocycles. The average Bonchev–Trinajstić information content (AvgIpc) is 2.85. The number of amides is 1. The predicted molar refractivity (Wildman–Crippen MR) is 66.0 cm³/mol. The summed E-state index contributed by atoms with van der Waals surface area (Å²) in [4.78, 5) is 22.5. The highest BCUT2D eigenvalue weighted by atomic mass is 16.5. The molecule has 0 spiro atoms. The highest BCUT2D eigenvalue weighted by molar-refractivity contribution is 5.94. The predicted octanol–water partition coefficient (Wildman–Crippen LogP) is 0.754. The van der Waals surface area contributed by atoms with Crippen LogP contribution < -0.4 is 5.32 Å². The third kappa shape index (κ3) is 3.45. The standard InChI is InChI=1S/C13H15NO5/c15-9-3-1-2-8(6-9)12(16)14-7-10-4-5-11(19-10)13(17)18/h1-3,6,10-11,15H,4-5,7H2,(H,14,16)(H,17,18). The Morgan fingerprint density at radius 2 is 2.16 bits per heavy atom. The number of carboxylic acids is 1. The third-order valence-corrected chi connectivity index (χ3v) is 2.98. The average molecular weight is 265 g/mol. The first-order chi connectivity index (χ1) is 9.06. The molecule has 1 heterocycles. The summed E-state index contributed by atoms with van der Waals surface area (Å²) in [5, 5.41) is 20.7. The Bertz CT molecular complexity index is 488. The number of carbonyl (C=O) groups excluding carboxylic acids is 1. The minimum atomic E-state index is -0.971. The number of phenolic OH excluding ortho intramolecular Hbond substituents is 1. The first kappa shape index (κ1) is 13.4. The van der Waals surface area contributed by atoms with E-state index in [4.69, 9.17) is 9.84 Å². The fourth-order valence-electron chi connectivity index (χ4n) is 1.99. The van der Waals surface area contributed by atoms with Crippen molar-refractivity contribution in [3.63, 3.8) is 0 Å². The number of hydrogen-bond acceptors (Lipinski definition) is 4. The van der Waals surface area contributed by atoms with E-state index < -0.39 is 12.1 Å². The third-order valence-electron chi connectivity index (χ3n) is 2.98. The van der Waals surface area contributed by atoms with Crippen molar-refractivity contribution in [2.24, 2.45) is 0 Å². The Kier molecular flexibility index (Phi) is 4.01. The lowest BCUT2D eigenvalue weighted by Crippen LogP contribution is -2.33. The van der Waals surface area contributed by atoms with Crippen molar-refractivity contribution in [1.82, 2.24) is 5.32 Å². The van der Waals surface area contributed by atoms with E-state index in [-0.39, 0.29) is 24.3 Å². The molecule has 0 saturated carbocycles. The number of ether oxygens (including phenoxy) is 1. The van der Waals surface area contributed by atoms with Crippen molar-refractivity contribution in [2.75, 3.05) is 6.54 Å². The maximum atomic E-state index is 11.8. The minimum absolute atomic E-state index is 0.0238. The molecule has 1 saturated heterocycles. The lowest BCUT2D eigenvalue weighted by atomic mass is 10.2. The molecule has 0 aromatic heterocycles. The van der Waals surface area contributed by atoms with Crippen LogP contribution >= 0.6 is 0 Å². The van der Waals surface area contributed by atoms with Crippen LogP contribution in [0.3, 0.4) is 0 Å². The summed E-state index contributed by atoms with van der Waals surface area (Å²) in [6.07, 6.45) is 0.0178. The molecule has 1 amide bonds. The van der Waals surface area contributed by atoms with Gasteiger partial charge in [0.05, 0.1) is 6.10 Å². The summed E-state index contributed by atoms with van der Waals surface area (Å²) in [5.74, 6) is -1.27. The number of benzene rings is 1. The van der Waals surface area contributed by atoms with Crippen LogP contribution in [-0.4, -0.2) is 40.8 Å². The van der Waals surface area contributed by atoms with Gasteiger partial charge in [-0.15, -0.1) is 0 Å². The van der Waals surface area contributed by atoms with Gasteiger partial charge in [0.1, 0.15) is 5.75 Å². The van der Waals surface area contributed by atoms with Crippen molar-refractivity contribution in [3.05, 3.63) is 29.8 Å². The van der Waals surface area contributed by atoms with E-state index in [1.807, 2.05) is 0 Å². The first-order valence-electron chi connectivity index (χ1n) is 6.02. The van der Waals surface area contributed by atoms with Crippen molar-refractivity contribution in [2.45, 2.75) is 25.0 Å². The topological polar surface area (TPSA) is 95.9 Å². The molecule has 6 heteroatoms. The molecule has 1 fully saturated rings. The quantitative estimate of drug-likeness (QED) is 0.746. The Morgan fingerprint density at radius 1 is 1.37 bits per heavy atom. The van der Waals surface area contributed by atoms with E-state index in [1.165, 1.54) is 12.1 Å². The second-order valence-corrected chi connectivity index (χ2v) is 4.42. The second-order valence-electron chi connectivity index (χ2n) is 4.42. The Hall–Kier alpha value is -2.08. The van der Waals surface area contributed by atoms with Gasteiger partial charge in [-0.25, -0.2) is 4.79 Å².